The molecule has 1 aromatic heterocycles. The quantitative estimate of drug-likeness (QED) is 0.800. The average molecular weight is 314 g/mol. The molecule has 2 aromatic rings. The second-order valence-electron chi connectivity index (χ2n) is 5.13. The Hall–Kier alpha value is -1.81. The first-order chi connectivity index (χ1) is 10.7. The van der Waals surface area contributed by atoms with Gasteiger partial charge in [0.25, 0.3) is 0 Å². The van der Waals surface area contributed by atoms with Gasteiger partial charge in [0.15, 0.2) is 0 Å². The molecular weight excluding hydrogens is 292 g/mol. The lowest BCUT2D eigenvalue weighted by Crippen LogP contribution is -2.25. The van der Waals surface area contributed by atoms with Crippen LogP contribution in [-0.4, -0.2) is 16.1 Å². The monoisotopic (exact) mass is 314 g/mol. The molecule has 1 heterocycles. The van der Waals surface area contributed by atoms with E-state index in [0.29, 0.717) is 0 Å². The number of carbonyl (C=O) groups is 1. The Morgan fingerprint density at radius 1 is 1.23 bits per heavy atom. The number of benzene rings is 1. The van der Waals surface area contributed by atoms with Crippen LogP contribution in [0.15, 0.2) is 47.6 Å². The van der Waals surface area contributed by atoms with Gasteiger partial charge in [-0.1, -0.05) is 49.9 Å². The van der Waals surface area contributed by atoms with Gasteiger partial charge in [0.1, 0.15) is 0 Å². The minimum absolute atomic E-state index is 0.0437. The lowest BCUT2D eigenvalue weighted by Gasteiger charge is -2.17. The molecule has 1 atom stereocenters. The second-order valence-corrected chi connectivity index (χ2v) is 6.36. The fourth-order valence-electron chi connectivity index (χ4n) is 2.29. The number of carbonyl (C=O) groups excluding carboxylic acids is 1. The zero-order valence-electron chi connectivity index (χ0n) is 13.3. The van der Waals surface area contributed by atoms with Crippen molar-refractivity contribution in [2.24, 2.45) is 0 Å². The molecule has 2 rings (SSSR count). The maximum Gasteiger partial charge on any atom is 0.237 e. The maximum absolute atomic E-state index is 12.6. The van der Waals surface area contributed by atoms with Gasteiger partial charge in [-0.15, -0.1) is 0 Å². The summed E-state index contributed by atoms with van der Waals surface area (Å²) in [6, 6.07) is 11.9. The van der Waals surface area contributed by atoms with Crippen LogP contribution in [0.3, 0.4) is 0 Å². The van der Waals surface area contributed by atoms with E-state index in [2.05, 4.69) is 23.3 Å². The van der Waals surface area contributed by atoms with E-state index < -0.39 is 0 Å². The molecule has 0 saturated heterocycles. The van der Waals surface area contributed by atoms with Crippen LogP contribution >= 0.6 is 11.8 Å². The number of pyridine rings is 1. The lowest BCUT2D eigenvalue weighted by atomic mass is 10.1. The molecule has 0 fully saturated rings. The Morgan fingerprint density at radius 3 is 2.68 bits per heavy atom. The van der Waals surface area contributed by atoms with Gasteiger partial charge in [-0.3, -0.25) is 4.79 Å². The number of nitrogens with zero attached hydrogens (tertiary/aromatic N) is 1. The summed E-state index contributed by atoms with van der Waals surface area (Å²) in [5.74, 6) is 0.0437. The van der Waals surface area contributed by atoms with Gasteiger partial charge in [-0.05, 0) is 43.0 Å². The van der Waals surface area contributed by atoms with Gasteiger partial charge in [0, 0.05) is 11.9 Å². The van der Waals surface area contributed by atoms with Gasteiger partial charge < -0.3 is 5.32 Å². The van der Waals surface area contributed by atoms with E-state index in [1.165, 1.54) is 17.3 Å². The predicted octanol–water partition coefficient (Wildman–Crippen LogP) is 4.46. The molecule has 3 nitrogen and oxygen atoms in total. The van der Waals surface area contributed by atoms with Gasteiger partial charge in [0.2, 0.25) is 5.91 Å². The van der Waals surface area contributed by atoms with Crippen LogP contribution in [0.5, 0.6) is 0 Å². The van der Waals surface area contributed by atoms with E-state index in [1.54, 1.807) is 6.20 Å². The number of aromatic nitrogens is 1. The topological polar surface area (TPSA) is 42.0 Å². The van der Waals surface area contributed by atoms with Crippen molar-refractivity contribution >= 4 is 23.4 Å². The first-order valence-electron chi connectivity index (χ1n) is 7.62. The highest BCUT2D eigenvalue weighted by Gasteiger charge is 2.20. The summed E-state index contributed by atoms with van der Waals surface area (Å²) in [6.45, 7) is 6.16. The summed E-state index contributed by atoms with van der Waals surface area (Å²) in [4.78, 5) is 16.9. The summed E-state index contributed by atoms with van der Waals surface area (Å²) in [6.07, 6.45) is 3.42. The Balaban J connectivity index is 2.13. The Kier molecular flexibility index (Phi) is 6.01. The first-order valence-corrected chi connectivity index (χ1v) is 8.50. The number of para-hydroxylation sites is 1. The van der Waals surface area contributed by atoms with Crippen LogP contribution in [0.1, 0.15) is 31.4 Å². The molecule has 0 bridgehead atoms. The zero-order valence-corrected chi connectivity index (χ0v) is 14.1. The van der Waals surface area contributed by atoms with Crippen molar-refractivity contribution in [2.45, 2.75) is 43.9 Å². The Bertz CT molecular complexity index is 628. The normalized spacial score (nSPS) is 12.0. The molecule has 1 unspecified atom stereocenters. The number of amides is 1. The molecule has 0 aliphatic rings. The molecule has 22 heavy (non-hydrogen) atoms. The SMILES string of the molecule is CCc1cccc(C)c1NC(=O)C(CC)Sc1ccccn1. The smallest absolute Gasteiger partial charge is 0.237 e. The standard InChI is InChI=1S/C18H22N2OS/c1-4-14-10-8-9-13(3)17(14)20-18(21)15(5-2)22-16-11-6-7-12-19-16/h6-12,15H,4-5H2,1-3H3,(H,20,21). The molecule has 0 spiro atoms. The number of hydrogen-bond donors (Lipinski definition) is 1. The molecular formula is C18H22N2OS. The van der Waals surface area contributed by atoms with Crippen LogP contribution in [0.4, 0.5) is 5.69 Å². The van der Waals surface area contributed by atoms with Crippen molar-refractivity contribution in [3.05, 3.63) is 53.7 Å². The molecule has 116 valence electrons. The predicted molar refractivity (Wildman–Crippen MR) is 93.4 cm³/mol. The Labute approximate surface area is 136 Å². The third-order valence-electron chi connectivity index (χ3n) is 3.55. The first kappa shape index (κ1) is 16.6. The number of thioether (sulfide) groups is 1. The van der Waals surface area contributed by atoms with E-state index >= 15 is 0 Å². The largest absolute Gasteiger partial charge is 0.325 e. The molecule has 0 saturated carbocycles. The van der Waals surface area contributed by atoms with Gasteiger partial charge in [-0.25, -0.2) is 4.98 Å². The van der Waals surface area contributed by atoms with Crippen LogP contribution in [0, 0.1) is 6.92 Å². The van der Waals surface area contributed by atoms with Gasteiger partial charge in [0.05, 0.1) is 10.3 Å². The Morgan fingerprint density at radius 2 is 2.05 bits per heavy atom. The third kappa shape index (κ3) is 4.10. The van der Waals surface area contributed by atoms with Crippen molar-refractivity contribution in [1.29, 1.82) is 0 Å². The fraction of sp³-hybridized carbons (Fsp3) is 0.333. The van der Waals surface area contributed by atoms with Crippen LogP contribution in [0.2, 0.25) is 0 Å². The van der Waals surface area contributed by atoms with Crippen LogP contribution in [-0.2, 0) is 11.2 Å². The van der Waals surface area contributed by atoms with Gasteiger partial charge in [-0.2, -0.15) is 0 Å². The molecule has 1 aromatic carbocycles. The summed E-state index contributed by atoms with van der Waals surface area (Å²) in [7, 11) is 0. The molecule has 0 radical (unpaired) electrons. The highest BCUT2D eigenvalue weighted by atomic mass is 32.2. The van der Waals surface area contributed by atoms with E-state index in [0.717, 1.165) is 29.1 Å². The van der Waals surface area contributed by atoms with Crippen molar-refractivity contribution in [3.8, 4) is 0 Å². The maximum atomic E-state index is 12.6. The summed E-state index contributed by atoms with van der Waals surface area (Å²) in [5.41, 5.74) is 3.23. The van der Waals surface area contributed by atoms with Crippen LogP contribution in [0.25, 0.3) is 0 Å². The van der Waals surface area contributed by atoms with Crippen molar-refractivity contribution in [2.75, 3.05) is 5.32 Å². The highest BCUT2D eigenvalue weighted by Crippen LogP contribution is 2.26. The minimum Gasteiger partial charge on any atom is -0.325 e. The van der Waals surface area contributed by atoms with E-state index in [1.807, 2.05) is 44.2 Å². The summed E-state index contributed by atoms with van der Waals surface area (Å²) < 4.78 is 0. The van der Waals surface area contributed by atoms with E-state index in [-0.39, 0.29) is 11.2 Å². The number of rotatable bonds is 6. The highest BCUT2D eigenvalue weighted by molar-refractivity contribution is 8.00. The average Bonchev–Trinajstić information content (AvgIpc) is 2.55. The number of hydrogen-bond acceptors (Lipinski definition) is 3. The summed E-state index contributed by atoms with van der Waals surface area (Å²) >= 11 is 1.51. The molecule has 0 aliphatic carbocycles. The third-order valence-corrected chi connectivity index (χ3v) is 4.87. The van der Waals surface area contributed by atoms with Crippen molar-refractivity contribution in [1.82, 2.24) is 4.98 Å². The number of aryl methyl sites for hydroxylation is 2. The number of anilines is 1. The van der Waals surface area contributed by atoms with Crippen molar-refractivity contribution in [3.63, 3.8) is 0 Å². The fourth-order valence-corrected chi connectivity index (χ4v) is 3.19. The molecule has 0 aliphatic heterocycles. The van der Waals surface area contributed by atoms with Crippen molar-refractivity contribution < 1.29 is 4.79 Å². The molecule has 4 heteroatoms. The molecule has 1 N–H and O–H groups in total. The lowest BCUT2D eigenvalue weighted by molar-refractivity contribution is -0.115. The van der Waals surface area contributed by atoms with E-state index in [4.69, 9.17) is 0 Å². The van der Waals surface area contributed by atoms with E-state index in [9.17, 15) is 4.79 Å². The minimum atomic E-state index is -0.140. The number of nitrogens with one attached hydrogen (secondary N) is 1. The second kappa shape index (κ2) is 7.99. The zero-order chi connectivity index (χ0) is 15.9. The van der Waals surface area contributed by atoms with Crippen LogP contribution < -0.4 is 5.32 Å². The van der Waals surface area contributed by atoms with Gasteiger partial charge >= 0.3 is 0 Å². The summed E-state index contributed by atoms with van der Waals surface area (Å²) in [5, 5.41) is 3.85. The molecule has 1 amide bonds.